The van der Waals surface area contributed by atoms with Crippen molar-refractivity contribution >= 4 is 41.4 Å². The van der Waals surface area contributed by atoms with Crippen LogP contribution < -0.4 is 28.3 Å². The van der Waals surface area contributed by atoms with Crippen LogP contribution in [0.4, 0.5) is 0 Å². The first-order valence-corrected chi connectivity index (χ1v) is 15.1. The average molecular weight is 567 g/mol. The number of rotatable bonds is 8. The largest absolute Gasteiger partial charge is 1.00 e. The zero-order valence-electron chi connectivity index (χ0n) is 22.4. The first-order valence-electron chi connectivity index (χ1n) is 13.2. The predicted octanol–water partition coefficient (Wildman–Crippen LogP) is 4.79. The average Bonchev–Trinajstić information content (AvgIpc) is 3.04. The Balaban J connectivity index is 0.00000387. The van der Waals surface area contributed by atoms with Gasteiger partial charge >= 0.3 is 0 Å². The van der Waals surface area contributed by atoms with Crippen molar-refractivity contribution in [2.24, 2.45) is 0 Å². The molecule has 0 saturated carbocycles. The standard InChI is InChI=1S/C37H28N2P.ClH/c38-27-34(28-39)26-32-22-18-30(19-23-32)16-17-31-20-24-33(25-21-31)29-40(35-10-4-1-5-11-35,36-12-6-2-7-13-36)37-14-8-3-9-15-37;/h1-26H,29H2;1H/q+1;/p-1. The molecule has 198 valence electrons. The summed E-state index contributed by atoms with van der Waals surface area (Å²) in [4.78, 5) is 0. The van der Waals surface area contributed by atoms with Crippen LogP contribution in [0, 0.1) is 22.7 Å². The second kappa shape index (κ2) is 14.1. The van der Waals surface area contributed by atoms with Crippen molar-refractivity contribution in [1.82, 2.24) is 0 Å². The van der Waals surface area contributed by atoms with Gasteiger partial charge in [-0.3, -0.25) is 0 Å². The molecular formula is C37H28ClN2P. The van der Waals surface area contributed by atoms with E-state index in [4.69, 9.17) is 10.5 Å². The minimum Gasteiger partial charge on any atom is -1.00 e. The van der Waals surface area contributed by atoms with E-state index in [0.717, 1.165) is 22.9 Å². The fourth-order valence-electron chi connectivity index (χ4n) is 4.93. The van der Waals surface area contributed by atoms with Gasteiger partial charge in [-0.25, -0.2) is 0 Å². The normalized spacial score (nSPS) is 10.7. The maximum absolute atomic E-state index is 8.96. The number of nitriles is 2. The van der Waals surface area contributed by atoms with E-state index in [-0.39, 0.29) is 18.0 Å². The second-order valence-corrected chi connectivity index (χ2v) is 13.0. The van der Waals surface area contributed by atoms with Crippen LogP contribution in [0.3, 0.4) is 0 Å². The Morgan fingerprint density at radius 3 is 1.27 bits per heavy atom. The lowest BCUT2D eigenvalue weighted by Crippen LogP contribution is -3.00. The van der Waals surface area contributed by atoms with Gasteiger partial charge in [-0.05, 0) is 64.7 Å². The molecule has 0 unspecified atom stereocenters. The fourth-order valence-corrected chi connectivity index (χ4v) is 9.17. The van der Waals surface area contributed by atoms with E-state index in [1.807, 2.05) is 36.4 Å². The Morgan fingerprint density at radius 2 is 0.878 bits per heavy atom. The van der Waals surface area contributed by atoms with Gasteiger partial charge in [0.05, 0.1) is 6.16 Å². The molecule has 0 heterocycles. The van der Waals surface area contributed by atoms with Crippen molar-refractivity contribution in [3.8, 4) is 12.1 Å². The van der Waals surface area contributed by atoms with Crippen molar-refractivity contribution in [3.05, 3.63) is 167 Å². The summed E-state index contributed by atoms with van der Waals surface area (Å²) in [5.74, 6) is 0. The molecule has 0 radical (unpaired) electrons. The second-order valence-electron chi connectivity index (χ2n) is 9.50. The highest BCUT2D eigenvalue weighted by Gasteiger charge is 2.45. The SMILES string of the molecule is N#CC(C#N)=Cc1ccc(C=Cc2ccc(C[P+](c3ccccc3)(c3ccccc3)c3ccccc3)cc2)cc1.[Cl-]. The zero-order chi connectivity index (χ0) is 27.6. The van der Waals surface area contributed by atoms with E-state index in [1.54, 1.807) is 6.08 Å². The van der Waals surface area contributed by atoms with Crippen LogP contribution in [-0.4, -0.2) is 0 Å². The molecule has 0 aliphatic rings. The first-order chi connectivity index (χ1) is 19.7. The molecule has 5 aromatic carbocycles. The van der Waals surface area contributed by atoms with E-state index in [2.05, 4.69) is 127 Å². The number of hydrogen-bond donors (Lipinski definition) is 0. The molecule has 41 heavy (non-hydrogen) atoms. The van der Waals surface area contributed by atoms with Crippen molar-refractivity contribution in [3.63, 3.8) is 0 Å². The van der Waals surface area contributed by atoms with Gasteiger partial charge < -0.3 is 12.4 Å². The summed E-state index contributed by atoms with van der Waals surface area (Å²) in [6, 6.07) is 53.4. The van der Waals surface area contributed by atoms with Gasteiger partial charge in [0.2, 0.25) is 0 Å². The van der Waals surface area contributed by atoms with Crippen molar-refractivity contribution in [2.45, 2.75) is 6.16 Å². The van der Waals surface area contributed by atoms with Crippen LogP contribution in [-0.2, 0) is 6.16 Å². The molecule has 0 fully saturated rings. The van der Waals surface area contributed by atoms with Gasteiger partial charge in [0, 0.05) is 0 Å². The lowest BCUT2D eigenvalue weighted by atomic mass is 10.1. The van der Waals surface area contributed by atoms with Crippen LogP contribution >= 0.6 is 7.26 Å². The van der Waals surface area contributed by atoms with E-state index in [1.165, 1.54) is 21.5 Å². The topological polar surface area (TPSA) is 47.6 Å². The molecule has 0 bridgehead atoms. The summed E-state index contributed by atoms with van der Waals surface area (Å²) in [5, 5.41) is 22.1. The molecule has 5 rings (SSSR count). The predicted molar refractivity (Wildman–Crippen MR) is 170 cm³/mol. The van der Waals surface area contributed by atoms with Crippen molar-refractivity contribution < 1.29 is 12.4 Å². The first kappa shape index (κ1) is 29.3. The molecular weight excluding hydrogens is 539 g/mol. The van der Waals surface area contributed by atoms with E-state index < -0.39 is 7.26 Å². The third kappa shape index (κ3) is 6.90. The summed E-state index contributed by atoms with van der Waals surface area (Å²) in [7, 11) is -1.94. The van der Waals surface area contributed by atoms with E-state index in [0.29, 0.717) is 0 Å². The summed E-state index contributed by atoms with van der Waals surface area (Å²) >= 11 is 0. The van der Waals surface area contributed by atoms with Gasteiger partial charge in [0.1, 0.15) is 40.9 Å². The minimum absolute atomic E-state index is 0. The number of halogens is 1. The smallest absolute Gasteiger partial charge is 0.130 e. The molecule has 0 atom stereocenters. The Bertz CT molecular complexity index is 1580. The lowest BCUT2D eigenvalue weighted by molar-refractivity contribution is -0.00000810. The summed E-state index contributed by atoms with van der Waals surface area (Å²) in [6.07, 6.45) is 6.72. The maximum atomic E-state index is 8.96. The minimum atomic E-state index is -1.94. The monoisotopic (exact) mass is 566 g/mol. The molecule has 0 aliphatic heterocycles. The number of benzene rings is 5. The van der Waals surface area contributed by atoms with Crippen LogP contribution in [0.2, 0.25) is 0 Å². The van der Waals surface area contributed by atoms with Gasteiger partial charge in [-0.15, -0.1) is 0 Å². The Kier molecular flexibility index (Phi) is 10.0. The summed E-state index contributed by atoms with van der Waals surface area (Å²) in [6.45, 7) is 0. The van der Waals surface area contributed by atoms with Crippen LogP contribution in [0.25, 0.3) is 18.2 Å². The molecule has 0 amide bonds. The Hall–Kier alpha value is -4.72. The van der Waals surface area contributed by atoms with Gasteiger partial charge in [0.25, 0.3) is 0 Å². The van der Waals surface area contributed by atoms with Crippen LogP contribution in [0.15, 0.2) is 145 Å². The highest BCUT2D eigenvalue weighted by Crippen LogP contribution is 2.58. The lowest BCUT2D eigenvalue weighted by Gasteiger charge is -2.28. The van der Waals surface area contributed by atoms with Gasteiger partial charge in [0.15, 0.2) is 0 Å². The zero-order valence-corrected chi connectivity index (χ0v) is 24.1. The Labute approximate surface area is 249 Å². The summed E-state index contributed by atoms with van der Waals surface area (Å²) < 4.78 is 0. The van der Waals surface area contributed by atoms with Gasteiger partial charge in [-0.1, -0.05) is 115 Å². The quantitative estimate of drug-likeness (QED) is 0.154. The highest BCUT2D eigenvalue weighted by molar-refractivity contribution is 7.95. The number of hydrogen-bond acceptors (Lipinski definition) is 2. The molecule has 2 nitrogen and oxygen atoms in total. The van der Waals surface area contributed by atoms with Crippen LogP contribution in [0.5, 0.6) is 0 Å². The number of nitrogens with zero attached hydrogens (tertiary/aromatic N) is 2. The molecule has 4 heteroatoms. The third-order valence-electron chi connectivity index (χ3n) is 6.95. The van der Waals surface area contributed by atoms with Crippen LogP contribution in [0.1, 0.15) is 22.3 Å². The molecule has 0 aromatic heterocycles. The molecule has 0 aliphatic carbocycles. The Morgan fingerprint density at radius 1 is 0.512 bits per heavy atom. The molecule has 0 saturated heterocycles. The molecule has 0 spiro atoms. The van der Waals surface area contributed by atoms with Gasteiger partial charge in [-0.2, -0.15) is 10.5 Å². The maximum Gasteiger partial charge on any atom is 0.130 e. The van der Waals surface area contributed by atoms with Crippen molar-refractivity contribution in [2.75, 3.05) is 0 Å². The molecule has 5 aromatic rings. The summed E-state index contributed by atoms with van der Waals surface area (Å²) in [5.41, 5.74) is 4.43. The fraction of sp³-hybridized carbons (Fsp3) is 0.0270. The highest BCUT2D eigenvalue weighted by atomic mass is 35.5. The third-order valence-corrected chi connectivity index (χ3v) is 11.3. The van der Waals surface area contributed by atoms with Crippen molar-refractivity contribution in [1.29, 1.82) is 10.5 Å². The van der Waals surface area contributed by atoms with E-state index >= 15 is 0 Å². The number of allylic oxidation sites excluding steroid dienone is 1. The van der Waals surface area contributed by atoms with E-state index in [9.17, 15) is 0 Å². The molecule has 0 N–H and O–H groups in total.